The van der Waals surface area contributed by atoms with Crippen LogP contribution in [0.2, 0.25) is 0 Å². The highest BCUT2D eigenvalue weighted by atomic mass is 16.5. The minimum Gasteiger partial charge on any atom is -0.496 e. The van der Waals surface area contributed by atoms with E-state index in [1.807, 2.05) is 24.3 Å². The molecule has 2 aromatic rings. The average Bonchev–Trinajstić information content (AvgIpc) is 3.60. The van der Waals surface area contributed by atoms with E-state index in [4.69, 9.17) is 4.74 Å². The molecular weight excluding hydrogens is 418 g/mol. The van der Waals surface area contributed by atoms with Crippen molar-refractivity contribution in [2.24, 2.45) is 17.8 Å². The zero-order valence-corrected chi connectivity index (χ0v) is 19.0. The van der Waals surface area contributed by atoms with Gasteiger partial charge in [-0.3, -0.25) is 9.59 Å². The second kappa shape index (κ2) is 9.06. The van der Waals surface area contributed by atoms with Crippen molar-refractivity contribution >= 4 is 22.7 Å². The molecule has 1 saturated carbocycles. The summed E-state index contributed by atoms with van der Waals surface area (Å²) in [5.41, 5.74) is 1.29. The number of methoxy groups -OCH3 is 1. The van der Waals surface area contributed by atoms with Crippen LogP contribution >= 0.6 is 0 Å². The summed E-state index contributed by atoms with van der Waals surface area (Å²) in [7, 11) is 1.61. The summed E-state index contributed by atoms with van der Waals surface area (Å²) in [6.45, 7) is 2.43. The van der Waals surface area contributed by atoms with Crippen molar-refractivity contribution in [3.63, 3.8) is 0 Å². The number of nitriles is 1. The molecule has 8 heteroatoms. The molecule has 8 nitrogen and oxygen atoms in total. The maximum atomic E-state index is 13.6. The molecule has 2 aliphatic heterocycles. The smallest absolute Gasteiger partial charge is 0.271 e. The number of rotatable bonds is 6. The van der Waals surface area contributed by atoms with Gasteiger partial charge >= 0.3 is 0 Å². The van der Waals surface area contributed by atoms with Gasteiger partial charge in [-0.15, -0.1) is 0 Å². The van der Waals surface area contributed by atoms with Crippen molar-refractivity contribution in [2.45, 2.75) is 44.2 Å². The van der Waals surface area contributed by atoms with Crippen LogP contribution in [0.4, 0.5) is 0 Å². The van der Waals surface area contributed by atoms with Crippen molar-refractivity contribution in [3.05, 3.63) is 30.0 Å². The molecule has 3 aliphatic rings. The van der Waals surface area contributed by atoms with Gasteiger partial charge in [-0.25, -0.2) is 0 Å². The summed E-state index contributed by atoms with van der Waals surface area (Å²) < 4.78 is 5.43. The highest BCUT2D eigenvalue weighted by Gasteiger charge is 2.50. The van der Waals surface area contributed by atoms with Gasteiger partial charge < -0.3 is 25.3 Å². The van der Waals surface area contributed by atoms with Crippen LogP contribution in [0.3, 0.4) is 0 Å². The second-order valence-corrected chi connectivity index (χ2v) is 9.65. The number of carbonyl (C=O) groups excluding carboxylic acids is 2. The largest absolute Gasteiger partial charge is 0.496 e. The number of benzene rings is 1. The summed E-state index contributed by atoms with van der Waals surface area (Å²) in [5.74, 6) is 1.23. The Labute approximate surface area is 193 Å². The van der Waals surface area contributed by atoms with Crippen LogP contribution in [0.15, 0.2) is 24.3 Å². The molecule has 5 atom stereocenters. The third-order valence-electron chi connectivity index (χ3n) is 7.70. The molecule has 3 N–H and O–H groups in total. The van der Waals surface area contributed by atoms with Crippen LogP contribution < -0.4 is 15.4 Å². The molecule has 1 aromatic heterocycles. The number of nitrogens with one attached hydrogen (secondary N) is 3. The summed E-state index contributed by atoms with van der Waals surface area (Å²) in [4.78, 5) is 32.0. The molecule has 174 valence electrons. The Bertz CT molecular complexity index is 1080. The van der Waals surface area contributed by atoms with E-state index in [-0.39, 0.29) is 17.7 Å². The van der Waals surface area contributed by atoms with Crippen molar-refractivity contribution in [1.82, 2.24) is 20.5 Å². The van der Waals surface area contributed by atoms with Gasteiger partial charge in [0.2, 0.25) is 5.91 Å². The van der Waals surface area contributed by atoms with Gasteiger partial charge in [-0.1, -0.05) is 12.5 Å². The number of aromatic nitrogens is 1. The maximum Gasteiger partial charge on any atom is 0.271 e. The molecule has 1 aromatic carbocycles. The van der Waals surface area contributed by atoms with Gasteiger partial charge in [0.05, 0.1) is 13.2 Å². The Morgan fingerprint density at radius 1 is 1.33 bits per heavy atom. The topological polar surface area (TPSA) is 110 Å². The van der Waals surface area contributed by atoms with Gasteiger partial charge in [-0.05, 0) is 74.7 Å². The molecule has 3 heterocycles. The monoisotopic (exact) mass is 449 g/mol. The van der Waals surface area contributed by atoms with E-state index in [2.05, 4.69) is 21.7 Å². The van der Waals surface area contributed by atoms with E-state index in [9.17, 15) is 14.9 Å². The first-order valence-corrected chi connectivity index (χ1v) is 12.0. The van der Waals surface area contributed by atoms with Crippen LogP contribution in [0, 0.1) is 29.1 Å². The van der Waals surface area contributed by atoms with Gasteiger partial charge in [0.15, 0.2) is 0 Å². The third kappa shape index (κ3) is 4.06. The Kier molecular flexibility index (Phi) is 5.98. The fraction of sp³-hybridized carbons (Fsp3) is 0.560. The molecule has 0 spiro atoms. The zero-order chi connectivity index (χ0) is 22.9. The number of H-pyrrole nitrogens is 1. The minimum atomic E-state index is -0.532. The van der Waals surface area contributed by atoms with E-state index in [0.29, 0.717) is 36.2 Å². The quantitative estimate of drug-likeness (QED) is 0.627. The van der Waals surface area contributed by atoms with Crippen LogP contribution in [0.5, 0.6) is 5.75 Å². The third-order valence-corrected chi connectivity index (χ3v) is 7.70. The van der Waals surface area contributed by atoms with Gasteiger partial charge in [0.25, 0.3) is 5.91 Å². The summed E-state index contributed by atoms with van der Waals surface area (Å²) in [6.07, 6.45) is 4.73. The molecule has 33 heavy (non-hydrogen) atoms. The fourth-order valence-corrected chi connectivity index (χ4v) is 6.08. The lowest BCUT2D eigenvalue weighted by atomic mass is 9.92. The van der Waals surface area contributed by atoms with Gasteiger partial charge in [0.1, 0.15) is 23.5 Å². The number of carbonyl (C=O) groups is 2. The van der Waals surface area contributed by atoms with Gasteiger partial charge in [0, 0.05) is 17.4 Å². The number of likely N-dealkylation sites (tertiary alicyclic amines) is 1. The van der Waals surface area contributed by atoms with Crippen LogP contribution in [-0.2, 0) is 4.79 Å². The molecule has 5 unspecified atom stereocenters. The normalized spacial score (nSPS) is 27.3. The maximum absolute atomic E-state index is 13.6. The number of aromatic amines is 1. The lowest BCUT2D eigenvalue weighted by Crippen LogP contribution is -2.51. The summed E-state index contributed by atoms with van der Waals surface area (Å²) >= 11 is 0. The summed E-state index contributed by atoms with van der Waals surface area (Å²) in [5, 5.41) is 16.8. The minimum absolute atomic E-state index is 0.153. The Morgan fingerprint density at radius 3 is 2.97 bits per heavy atom. The molecule has 2 saturated heterocycles. The molecular formula is C25H31N5O3. The molecule has 0 radical (unpaired) electrons. The summed E-state index contributed by atoms with van der Waals surface area (Å²) in [6, 6.07) is 8.67. The number of hydrogen-bond donors (Lipinski definition) is 3. The predicted octanol–water partition coefficient (Wildman–Crippen LogP) is 2.43. The lowest BCUT2D eigenvalue weighted by molar-refractivity contribution is -0.126. The van der Waals surface area contributed by atoms with E-state index >= 15 is 0 Å². The van der Waals surface area contributed by atoms with Crippen LogP contribution in [0.25, 0.3) is 10.9 Å². The predicted molar refractivity (Wildman–Crippen MR) is 124 cm³/mol. The zero-order valence-electron chi connectivity index (χ0n) is 19.0. The van der Waals surface area contributed by atoms with E-state index in [0.717, 1.165) is 49.7 Å². The number of fused-ring (bicyclic) bond motifs is 2. The van der Waals surface area contributed by atoms with Crippen molar-refractivity contribution < 1.29 is 14.3 Å². The van der Waals surface area contributed by atoms with E-state index in [1.54, 1.807) is 12.0 Å². The van der Waals surface area contributed by atoms with Crippen molar-refractivity contribution in [1.29, 1.82) is 5.26 Å². The number of amides is 2. The highest BCUT2D eigenvalue weighted by Crippen LogP contribution is 2.43. The van der Waals surface area contributed by atoms with Crippen molar-refractivity contribution in [3.8, 4) is 11.8 Å². The standard InChI is InChI=1S/C25H31N5O3/c1-33-22-7-3-6-20-19(22)11-21(29-20)25(32)30-14-16-4-2-5-18(16)23(30)24(31)28-17(12-26)10-15-8-9-27-13-15/h3,6-7,11,15-18,23,27,29H,2,4-5,8-10,13-14H2,1H3,(H,28,31). The first-order valence-electron chi connectivity index (χ1n) is 12.0. The average molecular weight is 450 g/mol. The first kappa shape index (κ1) is 21.8. The molecule has 1 aliphatic carbocycles. The molecule has 5 rings (SSSR count). The van der Waals surface area contributed by atoms with Crippen LogP contribution in [-0.4, -0.2) is 60.5 Å². The van der Waals surface area contributed by atoms with E-state index < -0.39 is 12.1 Å². The lowest BCUT2D eigenvalue weighted by Gasteiger charge is -2.28. The molecule has 0 bridgehead atoms. The Hall–Kier alpha value is -3.05. The Balaban J connectivity index is 1.37. The van der Waals surface area contributed by atoms with Crippen LogP contribution in [0.1, 0.15) is 42.6 Å². The van der Waals surface area contributed by atoms with Crippen molar-refractivity contribution in [2.75, 3.05) is 26.7 Å². The fourth-order valence-electron chi connectivity index (χ4n) is 6.08. The first-order chi connectivity index (χ1) is 16.1. The number of ether oxygens (including phenoxy) is 1. The second-order valence-electron chi connectivity index (χ2n) is 9.65. The van der Waals surface area contributed by atoms with E-state index in [1.165, 1.54) is 0 Å². The number of hydrogen-bond acceptors (Lipinski definition) is 5. The highest BCUT2D eigenvalue weighted by molar-refractivity contribution is 6.02. The van der Waals surface area contributed by atoms with Gasteiger partial charge in [-0.2, -0.15) is 5.26 Å². The SMILES string of the molecule is COc1cccc2[nH]c(C(=O)N3CC4CCCC4C3C(=O)NC(C#N)CC3CCNC3)cc12. The number of nitrogens with zero attached hydrogens (tertiary/aromatic N) is 2. The molecule has 2 amide bonds. The Morgan fingerprint density at radius 2 is 2.21 bits per heavy atom. The molecule has 3 fully saturated rings.